The van der Waals surface area contributed by atoms with Crippen LogP contribution in [0.2, 0.25) is 0 Å². The third-order valence-corrected chi connectivity index (χ3v) is 6.30. The van der Waals surface area contributed by atoms with Gasteiger partial charge in [0, 0.05) is 56.8 Å². The molecule has 1 aromatic heterocycles. The quantitative estimate of drug-likeness (QED) is 0.277. The average Bonchev–Trinajstić information content (AvgIpc) is 3.53. The lowest BCUT2D eigenvalue weighted by Crippen LogP contribution is -2.35. The minimum Gasteiger partial charge on any atom is -0.508 e. The largest absolute Gasteiger partial charge is 0.508 e. The first-order chi connectivity index (χ1) is 18.6. The number of aromatic hydroxyl groups is 1. The smallest absolute Gasteiger partial charge is 0.322 e. The Morgan fingerprint density at radius 1 is 1.23 bits per heavy atom. The van der Waals surface area contributed by atoms with Crippen LogP contribution in [0, 0.1) is 5.82 Å². The van der Waals surface area contributed by atoms with Crippen LogP contribution in [0.5, 0.6) is 5.75 Å². The van der Waals surface area contributed by atoms with Crippen LogP contribution in [-0.4, -0.2) is 78.9 Å². The van der Waals surface area contributed by atoms with E-state index in [9.17, 15) is 23.6 Å². The van der Waals surface area contributed by atoms with Gasteiger partial charge in [-0.05, 0) is 36.9 Å². The van der Waals surface area contributed by atoms with Gasteiger partial charge in [0.05, 0.1) is 5.56 Å². The second-order valence-corrected chi connectivity index (χ2v) is 9.26. The molecule has 6 N–H and O–H groups in total. The van der Waals surface area contributed by atoms with Crippen LogP contribution in [0.3, 0.4) is 0 Å². The van der Waals surface area contributed by atoms with E-state index in [-0.39, 0.29) is 28.6 Å². The topological polar surface area (TPSA) is 170 Å². The molecule has 2 aliphatic heterocycles. The van der Waals surface area contributed by atoms with Gasteiger partial charge in [-0.3, -0.25) is 19.7 Å². The summed E-state index contributed by atoms with van der Waals surface area (Å²) in [7, 11) is 3.62. The maximum absolute atomic E-state index is 14.3. The summed E-state index contributed by atoms with van der Waals surface area (Å²) in [6.45, 7) is 2.78. The van der Waals surface area contributed by atoms with Crippen LogP contribution < -0.4 is 21.7 Å². The first-order valence-electron chi connectivity index (χ1n) is 12.2. The highest BCUT2D eigenvalue weighted by Crippen LogP contribution is 2.28. The molecule has 1 saturated heterocycles. The lowest BCUT2D eigenvalue weighted by Gasteiger charge is -2.15. The summed E-state index contributed by atoms with van der Waals surface area (Å²) < 4.78 is 19.8. The fourth-order valence-corrected chi connectivity index (χ4v) is 4.24. The van der Waals surface area contributed by atoms with Gasteiger partial charge in [0.25, 0.3) is 17.7 Å². The van der Waals surface area contributed by atoms with Gasteiger partial charge in [0.1, 0.15) is 22.9 Å². The van der Waals surface area contributed by atoms with Crippen molar-refractivity contribution in [3.05, 3.63) is 64.7 Å². The zero-order valence-electron chi connectivity index (χ0n) is 21.4. The Morgan fingerprint density at radius 2 is 2.00 bits per heavy atom. The van der Waals surface area contributed by atoms with Crippen molar-refractivity contribution in [2.24, 2.45) is 5.73 Å². The molecule has 0 saturated carbocycles. The summed E-state index contributed by atoms with van der Waals surface area (Å²) in [6.07, 6.45) is 0. The fourth-order valence-electron chi connectivity index (χ4n) is 4.24. The average molecular weight is 541 g/mol. The Labute approximate surface area is 222 Å². The number of urea groups is 1. The molecule has 0 spiro atoms. The van der Waals surface area contributed by atoms with E-state index in [0.29, 0.717) is 43.7 Å². The summed E-state index contributed by atoms with van der Waals surface area (Å²) in [5, 5.41) is 16.7. The number of nitrogens with zero attached hydrogens (tertiary/aromatic N) is 2. The van der Waals surface area contributed by atoms with Gasteiger partial charge in [-0.25, -0.2) is 9.18 Å². The number of amides is 5. The first kappa shape index (κ1) is 27.5. The summed E-state index contributed by atoms with van der Waals surface area (Å²) in [5.41, 5.74) is 7.11. The minimum atomic E-state index is -0.983. The van der Waals surface area contributed by atoms with Gasteiger partial charge >= 0.3 is 6.03 Å². The van der Waals surface area contributed by atoms with Crippen molar-refractivity contribution in [3.8, 4) is 5.75 Å². The number of rotatable bonds is 7. The number of carbonyl (C=O) groups excluding carboxylic acids is 4. The number of nitrogens with two attached hydrogens (primary N) is 1. The van der Waals surface area contributed by atoms with E-state index >= 15 is 0 Å². The van der Waals surface area contributed by atoms with Gasteiger partial charge in [-0.15, -0.1) is 0 Å². The number of phenols is 1. The molecule has 3 aromatic rings. The Morgan fingerprint density at radius 3 is 2.69 bits per heavy atom. The molecular weight excluding hydrogens is 511 g/mol. The molecule has 2 aromatic carbocycles. The van der Waals surface area contributed by atoms with Crippen molar-refractivity contribution < 1.29 is 33.1 Å². The predicted molar refractivity (Wildman–Crippen MR) is 138 cm³/mol. The lowest BCUT2D eigenvalue weighted by atomic mass is 10.1. The molecular formula is C26H29FN6O6. The van der Waals surface area contributed by atoms with Crippen molar-refractivity contribution in [2.75, 3.05) is 40.3 Å². The third kappa shape index (κ3) is 6.16. The first-order valence-corrected chi connectivity index (χ1v) is 12.2. The third-order valence-electron chi connectivity index (χ3n) is 6.30. The van der Waals surface area contributed by atoms with E-state index < -0.39 is 29.7 Å². The summed E-state index contributed by atoms with van der Waals surface area (Å²) in [4.78, 5) is 50.2. The van der Waals surface area contributed by atoms with Crippen LogP contribution in [0.1, 0.15) is 38.1 Å². The zero-order valence-corrected chi connectivity index (χ0v) is 21.4. The normalized spacial score (nSPS) is 16.2. The Kier molecular flexibility index (Phi) is 8.12. The van der Waals surface area contributed by atoms with Gasteiger partial charge in [-0.1, -0.05) is 6.07 Å². The zero-order chi connectivity index (χ0) is 28.3. The van der Waals surface area contributed by atoms with Crippen molar-refractivity contribution >= 4 is 34.7 Å². The standard InChI is InChI=1S/C17H20FN5O4.C9H9NO2/c1-23(4-2-19)5-3-20-15(24)10-6-9-7-13(27-12(9)8-11(10)18)14-16(25)22-17(26)21-14;1-10-5-6-2-3-7(11)4-8(6)9(10)12/h6-8,14H,2-5,19H2,1H3,(H,20,24)(H2,21,22,25,26);2-4,11H,5H2,1H3. The molecule has 39 heavy (non-hydrogen) atoms. The SMILES string of the molecule is CN(CCN)CCNC(=O)c1cc2cc(C3NC(=O)NC3=O)oc2cc1F.CN1Cc2ccc(O)cc2C1=O. The van der Waals surface area contributed by atoms with Gasteiger partial charge in [0.2, 0.25) is 0 Å². The predicted octanol–water partition coefficient (Wildman–Crippen LogP) is 1.05. The van der Waals surface area contributed by atoms with Crippen molar-refractivity contribution in [3.63, 3.8) is 0 Å². The Bertz CT molecular complexity index is 1440. The molecule has 1 unspecified atom stereocenters. The number of carbonyl (C=O) groups is 4. The number of hydrogen-bond donors (Lipinski definition) is 5. The van der Waals surface area contributed by atoms with E-state index in [0.717, 1.165) is 11.6 Å². The van der Waals surface area contributed by atoms with Gasteiger partial charge in [-0.2, -0.15) is 0 Å². The molecule has 206 valence electrons. The number of nitrogens with one attached hydrogen (secondary N) is 3. The monoisotopic (exact) mass is 540 g/mol. The Balaban J connectivity index is 0.000000243. The highest BCUT2D eigenvalue weighted by Gasteiger charge is 2.33. The Hall–Kier alpha value is -4.49. The van der Waals surface area contributed by atoms with Gasteiger partial charge < -0.3 is 35.7 Å². The van der Waals surface area contributed by atoms with Crippen molar-refractivity contribution in [1.82, 2.24) is 25.8 Å². The van der Waals surface area contributed by atoms with E-state index in [4.69, 9.17) is 15.3 Å². The number of imide groups is 1. The molecule has 2 aliphatic rings. The molecule has 1 fully saturated rings. The molecule has 3 heterocycles. The molecule has 5 amide bonds. The maximum atomic E-state index is 14.3. The molecule has 1 atom stereocenters. The van der Waals surface area contributed by atoms with Crippen LogP contribution in [0.25, 0.3) is 11.0 Å². The maximum Gasteiger partial charge on any atom is 0.322 e. The van der Waals surface area contributed by atoms with Crippen LogP contribution in [0.4, 0.5) is 9.18 Å². The van der Waals surface area contributed by atoms with Crippen LogP contribution >= 0.6 is 0 Å². The van der Waals surface area contributed by atoms with Crippen molar-refractivity contribution in [1.29, 1.82) is 0 Å². The number of halogens is 1. The van der Waals surface area contributed by atoms with Crippen LogP contribution in [-0.2, 0) is 11.3 Å². The summed E-state index contributed by atoms with van der Waals surface area (Å²) in [6, 6.07) is 7.23. The highest BCUT2D eigenvalue weighted by molar-refractivity contribution is 6.05. The van der Waals surface area contributed by atoms with Gasteiger partial charge in [0.15, 0.2) is 6.04 Å². The highest BCUT2D eigenvalue weighted by atomic mass is 19.1. The van der Waals surface area contributed by atoms with E-state index in [1.165, 1.54) is 18.2 Å². The number of likely N-dealkylation sites (N-methyl/N-ethyl adjacent to an activating group) is 1. The second kappa shape index (κ2) is 11.5. The molecule has 13 heteroatoms. The number of phenolic OH excluding ortho intramolecular Hbond substituents is 1. The number of benzene rings is 2. The molecule has 0 radical (unpaired) electrons. The molecule has 12 nitrogen and oxygen atoms in total. The lowest BCUT2D eigenvalue weighted by molar-refractivity contribution is -0.120. The number of hydrogen-bond acceptors (Lipinski definition) is 8. The van der Waals surface area contributed by atoms with E-state index in [1.54, 1.807) is 24.1 Å². The van der Waals surface area contributed by atoms with Crippen molar-refractivity contribution in [2.45, 2.75) is 12.6 Å². The molecule has 0 aliphatic carbocycles. The van der Waals surface area contributed by atoms with Crippen LogP contribution in [0.15, 0.2) is 40.8 Å². The number of furan rings is 1. The molecule has 0 bridgehead atoms. The van der Waals surface area contributed by atoms with E-state index in [1.807, 2.05) is 11.9 Å². The minimum absolute atomic E-state index is 0.0131. The second-order valence-electron chi connectivity index (χ2n) is 9.26. The fraction of sp³-hybridized carbons (Fsp3) is 0.308. The number of fused-ring (bicyclic) bond motifs is 2. The van der Waals surface area contributed by atoms with E-state index in [2.05, 4.69) is 16.0 Å². The summed E-state index contributed by atoms with van der Waals surface area (Å²) in [5.74, 6) is -1.55. The summed E-state index contributed by atoms with van der Waals surface area (Å²) >= 11 is 0. The molecule has 5 rings (SSSR count).